The lowest BCUT2D eigenvalue weighted by atomic mass is 9.81. The molecule has 254 valence electrons. The van der Waals surface area contributed by atoms with Crippen molar-refractivity contribution in [1.82, 2.24) is 4.57 Å². The van der Waals surface area contributed by atoms with Crippen LogP contribution < -0.4 is 4.90 Å². The van der Waals surface area contributed by atoms with Crippen molar-refractivity contribution in [2.24, 2.45) is 0 Å². The Morgan fingerprint density at radius 3 is 1.79 bits per heavy atom. The fourth-order valence-electron chi connectivity index (χ4n) is 8.80. The van der Waals surface area contributed by atoms with E-state index in [1.807, 2.05) is 0 Å². The number of para-hydroxylation sites is 1. The van der Waals surface area contributed by atoms with E-state index in [9.17, 15) is 0 Å². The van der Waals surface area contributed by atoms with E-state index in [1.165, 1.54) is 82.8 Å². The Morgan fingerprint density at radius 1 is 0.434 bits per heavy atom. The highest BCUT2D eigenvalue weighted by Crippen LogP contribution is 2.54. The predicted molar refractivity (Wildman–Crippen MR) is 225 cm³/mol. The summed E-state index contributed by atoms with van der Waals surface area (Å²) >= 11 is 0. The summed E-state index contributed by atoms with van der Waals surface area (Å²) in [5.74, 6) is 0. The lowest BCUT2D eigenvalue weighted by Crippen LogP contribution is -2.17. The highest BCUT2D eigenvalue weighted by Gasteiger charge is 2.38. The van der Waals surface area contributed by atoms with Crippen LogP contribution in [0.25, 0.3) is 60.5 Å². The van der Waals surface area contributed by atoms with Gasteiger partial charge >= 0.3 is 0 Å². The second kappa shape index (κ2) is 11.8. The monoisotopic (exact) mass is 680 g/mol. The number of aryl methyl sites for hydroxylation is 2. The van der Waals surface area contributed by atoms with Gasteiger partial charge in [0.1, 0.15) is 0 Å². The van der Waals surface area contributed by atoms with Crippen LogP contribution in [0.15, 0.2) is 170 Å². The normalized spacial score (nSPS) is 13.1. The van der Waals surface area contributed by atoms with Crippen LogP contribution >= 0.6 is 0 Å². The van der Waals surface area contributed by atoms with Crippen molar-refractivity contribution >= 4 is 49.6 Å². The number of benzene rings is 8. The van der Waals surface area contributed by atoms with E-state index < -0.39 is 0 Å². The Balaban J connectivity index is 1.20. The summed E-state index contributed by atoms with van der Waals surface area (Å²) in [5.41, 5.74) is 17.3. The van der Waals surface area contributed by atoms with E-state index in [4.69, 9.17) is 0 Å². The molecule has 53 heavy (non-hydrogen) atoms. The van der Waals surface area contributed by atoms with Crippen LogP contribution in [0.4, 0.5) is 17.1 Å². The molecule has 0 saturated heterocycles. The van der Waals surface area contributed by atoms with Crippen LogP contribution in [0.2, 0.25) is 0 Å². The van der Waals surface area contributed by atoms with Gasteiger partial charge in [-0.15, -0.1) is 0 Å². The lowest BCUT2D eigenvalue weighted by molar-refractivity contribution is 0.660. The van der Waals surface area contributed by atoms with E-state index in [0.29, 0.717) is 0 Å². The molecule has 0 bridgehead atoms. The quantitative estimate of drug-likeness (QED) is 0.176. The van der Waals surface area contributed by atoms with Crippen LogP contribution in [-0.4, -0.2) is 4.57 Å². The van der Waals surface area contributed by atoms with E-state index in [2.05, 4.69) is 207 Å². The van der Waals surface area contributed by atoms with Gasteiger partial charge in [-0.1, -0.05) is 128 Å². The van der Waals surface area contributed by atoms with E-state index in [1.54, 1.807) is 0 Å². The van der Waals surface area contributed by atoms with Gasteiger partial charge in [-0.2, -0.15) is 0 Å². The zero-order valence-electron chi connectivity index (χ0n) is 30.6. The van der Waals surface area contributed by atoms with Crippen LogP contribution in [0.3, 0.4) is 0 Å². The first kappa shape index (κ1) is 31.4. The van der Waals surface area contributed by atoms with Crippen LogP contribution in [-0.2, 0) is 5.41 Å². The molecule has 0 amide bonds. The SMILES string of the molecule is Cc1ccc(N(c2ccccc2)c2ccc3c(c2)C(C)(C)c2cc(-n4c5ccc(C)cc5c5cc(-c6ccccc6)ccc54)c4ccccc4c2-3)cc1. The van der Waals surface area contributed by atoms with Gasteiger partial charge in [-0.3, -0.25) is 0 Å². The summed E-state index contributed by atoms with van der Waals surface area (Å²) in [6, 6.07) is 62.8. The standard InChI is InChI=1S/C51H40N2/c1-33-19-23-38(24-20-33)52(37-15-9-6-10-16-37)39-25-26-42-45(31-39)51(3,4)46-32-49(40-17-11-12-18-41(40)50(42)46)53-47-27-21-34(2)29-43(47)44-30-36(22-28-48(44)53)35-13-7-5-8-14-35/h5-32H,1-4H3. The summed E-state index contributed by atoms with van der Waals surface area (Å²) < 4.78 is 2.51. The molecule has 0 radical (unpaired) electrons. The summed E-state index contributed by atoms with van der Waals surface area (Å²) in [7, 11) is 0. The molecule has 1 aliphatic carbocycles. The Morgan fingerprint density at radius 2 is 1.04 bits per heavy atom. The average molecular weight is 681 g/mol. The highest BCUT2D eigenvalue weighted by atomic mass is 15.1. The Hall–Kier alpha value is -6.38. The molecule has 1 aliphatic rings. The summed E-state index contributed by atoms with van der Waals surface area (Å²) in [5, 5.41) is 5.11. The number of hydrogen-bond donors (Lipinski definition) is 0. The fourth-order valence-corrected chi connectivity index (χ4v) is 8.80. The van der Waals surface area contributed by atoms with Gasteiger partial charge in [0.15, 0.2) is 0 Å². The third-order valence-electron chi connectivity index (χ3n) is 11.5. The molecular weight excluding hydrogens is 641 g/mol. The van der Waals surface area contributed by atoms with Crippen molar-refractivity contribution in [3.05, 3.63) is 192 Å². The second-order valence-corrected chi connectivity index (χ2v) is 15.2. The van der Waals surface area contributed by atoms with E-state index in [0.717, 1.165) is 17.1 Å². The van der Waals surface area contributed by atoms with E-state index >= 15 is 0 Å². The number of nitrogens with zero attached hydrogens (tertiary/aromatic N) is 2. The first-order chi connectivity index (χ1) is 25.9. The highest BCUT2D eigenvalue weighted by molar-refractivity contribution is 6.13. The molecule has 0 spiro atoms. The topological polar surface area (TPSA) is 8.17 Å². The maximum absolute atomic E-state index is 2.51. The Bertz CT molecular complexity index is 2860. The zero-order chi connectivity index (χ0) is 35.8. The molecule has 0 unspecified atom stereocenters. The number of aromatic nitrogens is 1. The van der Waals surface area contributed by atoms with E-state index in [-0.39, 0.29) is 5.41 Å². The minimum atomic E-state index is -0.231. The summed E-state index contributed by atoms with van der Waals surface area (Å²) in [6.45, 7) is 9.15. The van der Waals surface area contributed by atoms with Crippen LogP contribution in [0.5, 0.6) is 0 Å². The van der Waals surface area contributed by atoms with Crippen LogP contribution in [0, 0.1) is 13.8 Å². The molecule has 0 fully saturated rings. The van der Waals surface area contributed by atoms with Gasteiger partial charge in [0.05, 0.1) is 16.7 Å². The number of hydrogen-bond acceptors (Lipinski definition) is 1. The van der Waals surface area contributed by atoms with Crippen molar-refractivity contribution in [2.75, 3.05) is 4.90 Å². The van der Waals surface area contributed by atoms with Crippen molar-refractivity contribution in [3.63, 3.8) is 0 Å². The smallest absolute Gasteiger partial charge is 0.0544 e. The van der Waals surface area contributed by atoms with Gasteiger partial charge in [-0.05, 0) is 119 Å². The Labute approximate surface area is 311 Å². The first-order valence-corrected chi connectivity index (χ1v) is 18.6. The second-order valence-electron chi connectivity index (χ2n) is 15.2. The fraction of sp³-hybridized carbons (Fsp3) is 0.0980. The van der Waals surface area contributed by atoms with Gasteiger partial charge in [0.2, 0.25) is 0 Å². The average Bonchev–Trinajstić information content (AvgIpc) is 3.63. The van der Waals surface area contributed by atoms with Crippen molar-refractivity contribution in [2.45, 2.75) is 33.1 Å². The first-order valence-electron chi connectivity index (χ1n) is 18.6. The molecule has 2 heteroatoms. The molecule has 0 N–H and O–H groups in total. The minimum absolute atomic E-state index is 0.231. The molecular formula is C51H40N2. The third kappa shape index (κ3) is 4.86. The maximum Gasteiger partial charge on any atom is 0.0544 e. The van der Waals surface area contributed by atoms with Crippen LogP contribution in [0.1, 0.15) is 36.1 Å². The molecule has 9 aromatic rings. The predicted octanol–water partition coefficient (Wildman–Crippen LogP) is 14.0. The largest absolute Gasteiger partial charge is 0.310 e. The number of anilines is 3. The molecule has 0 atom stereocenters. The number of rotatable bonds is 5. The molecule has 10 rings (SSSR count). The van der Waals surface area contributed by atoms with Gasteiger partial charge < -0.3 is 9.47 Å². The molecule has 0 saturated carbocycles. The minimum Gasteiger partial charge on any atom is -0.310 e. The maximum atomic E-state index is 2.51. The molecule has 8 aromatic carbocycles. The third-order valence-corrected chi connectivity index (χ3v) is 11.5. The van der Waals surface area contributed by atoms with Gasteiger partial charge in [0, 0.05) is 38.6 Å². The lowest BCUT2D eigenvalue weighted by Gasteiger charge is -2.28. The molecule has 0 aliphatic heterocycles. The van der Waals surface area contributed by atoms with Gasteiger partial charge in [0.25, 0.3) is 0 Å². The van der Waals surface area contributed by atoms with Crippen molar-refractivity contribution in [1.29, 1.82) is 0 Å². The molecule has 1 aromatic heterocycles. The van der Waals surface area contributed by atoms with Gasteiger partial charge in [-0.25, -0.2) is 0 Å². The molecule has 2 nitrogen and oxygen atoms in total. The summed E-state index contributed by atoms with van der Waals surface area (Å²) in [6.07, 6.45) is 0. The number of fused-ring (bicyclic) bond motifs is 8. The van der Waals surface area contributed by atoms with Crippen molar-refractivity contribution in [3.8, 4) is 27.9 Å². The van der Waals surface area contributed by atoms with Crippen molar-refractivity contribution < 1.29 is 0 Å². The molecule has 1 heterocycles. The summed E-state index contributed by atoms with van der Waals surface area (Å²) in [4.78, 5) is 2.38. The Kier molecular flexibility index (Phi) is 7.00. The zero-order valence-corrected chi connectivity index (χ0v) is 30.6.